The maximum atomic E-state index is 12.1. The second-order valence-electron chi connectivity index (χ2n) is 4.37. The summed E-state index contributed by atoms with van der Waals surface area (Å²) >= 11 is 0. The van der Waals surface area contributed by atoms with E-state index in [-0.39, 0.29) is 17.8 Å². The molecule has 0 unspecified atom stereocenters. The van der Waals surface area contributed by atoms with E-state index in [1.54, 1.807) is 6.20 Å². The van der Waals surface area contributed by atoms with Gasteiger partial charge in [-0.15, -0.1) is 0 Å². The first kappa shape index (κ1) is 14.0. The molecular weight excluding hydrogens is 256 g/mol. The number of nitrogens with one attached hydrogen (secondary N) is 1. The van der Waals surface area contributed by atoms with Crippen LogP contribution in [0.4, 0.5) is 5.69 Å². The fourth-order valence-corrected chi connectivity index (χ4v) is 1.98. The third-order valence-corrected chi connectivity index (χ3v) is 3.00. The van der Waals surface area contributed by atoms with Crippen LogP contribution in [0.25, 0.3) is 0 Å². The maximum absolute atomic E-state index is 12.1. The summed E-state index contributed by atoms with van der Waals surface area (Å²) in [6.45, 7) is 5.38. The van der Waals surface area contributed by atoms with Gasteiger partial charge in [-0.25, -0.2) is 4.79 Å². The Morgan fingerprint density at radius 1 is 1.25 bits per heavy atom. The van der Waals surface area contributed by atoms with Gasteiger partial charge in [0.1, 0.15) is 0 Å². The second kappa shape index (κ2) is 6.18. The van der Waals surface area contributed by atoms with Crippen molar-refractivity contribution < 1.29 is 0 Å². The van der Waals surface area contributed by atoms with Crippen molar-refractivity contribution in [1.29, 1.82) is 0 Å². The van der Waals surface area contributed by atoms with Crippen LogP contribution in [-0.4, -0.2) is 20.7 Å². The smallest absolute Gasteiger partial charge is 0.331 e. The van der Waals surface area contributed by atoms with Gasteiger partial charge in [-0.1, -0.05) is 0 Å². The average Bonchev–Trinajstić information content (AvgIpc) is 2.44. The van der Waals surface area contributed by atoms with Crippen LogP contribution in [0.3, 0.4) is 0 Å². The van der Waals surface area contributed by atoms with Crippen LogP contribution >= 0.6 is 0 Å². The Morgan fingerprint density at radius 2 is 2.05 bits per heavy atom. The first-order valence-electron chi connectivity index (χ1n) is 6.64. The predicted molar refractivity (Wildman–Crippen MR) is 78.1 cm³/mol. The molecule has 6 nitrogen and oxygen atoms in total. The fourth-order valence-electron chi connectivity index (χ4n) is 1.98. The largest absolute Gasteiger partial charge is 0.385 e. The molecule has 0 spiro atoms. The van der Waals surface area contributed by atoms with Crippen molar-refractivity contribution >= 4 is 5.69 Å². The molecular formula is C14H18N4O2. The summed E-state index contributed by atoms with van der Waals surface area (Å²) in [5.41, 5.74) is 0.986. The quantitative estimate of drug-likeness (QED) is 0.879. The van der Waals surface area contributed by atoms with Gasteiger partial charge < -0.3 is 9.88 Å². The summed E-state index contributed by atoms with van der Waals surface area (Å²) in [6, 6.07) is 5.10. The topological polar surface area (TPSA) is 68.9 Å². The van der Waals surface area contributed by atoms with Crippen molar-refractivity contribution in [2.75, 3.05) is 11.9 Å². The van der Waals surface area contributed by atoms with E-state index in [2.05, 4.69) is 10.3 Å². The summed E-state index contributed by atoms with van der Waals surface area (Å²) in [7, 11) is 0. The molecule has 0 bridgehead atoms. The Bertz CT molecular complexity index is 703. The average molecular weight is 274 g/mol. The number of hydrogen-bond acceptors (Lipinski definition) is 4. The van der Waals surface area contributed by atoms with E-state index in [1.165, 1.54) is 21.4 Å². The van der Waals surface area contributed by atoms with E-state index in [4.69, 9.17) is 0 Å². The Kier molecular flexibility index (Phi) is 4.34. The van der Waals surface area contributed by atoms with Gasteiger partial charge in [-0.2, -0.15) is 0 Å². The molecule has 6 heteroatoms. The second-order valence-corrected chi connectivity index (χ2v) is 4.37. The lowest BCUT2D eigenvalue weighted by Crippen LogP contribution is -2.39. The number of aryl methyl sites for hydroxylation is 1. The first-order valence-corrected chi connectivity index (χ1v) is 6.64. The van der Waals surface area contributed by atoms with Gasteiger partial charge in [0.2, 0.25) is 0 Å². The van der Waals surface area contributed by atoms with E-state index < -0.39 is 0 Å². The van der Waals surface area contributed by atoms with Crippen LogP contribution in [0.2, 0.25) is 0 Å². The lowest BCUT2D eigenvalue weighted by Gasteiger charge is -2.09. The van der Waals surface area contributed by atoms with Gasteiger partial charge in [-0.3, -0.25) is 14.3 Å². The number of anilines is 1. The van der Waals surface area contributed by atoms with Gasteiger partial charge >= 0.3 is 5.69 Å². The highest BCUT2D eigenvalue weighted by Gasteiger charge is 2.06. The molecule has 20 heavy (non-hydrogen) atoms. The van der Waals surface area contributed by atoms with Crippen LogP contribution in [0.5, 0.6) is 0 Å². The normalized spacial score (nSPS) is 10.5. The number of nitrogens with zero attached hydrogens (tertiary/aromatic N) is 3. The fraction of sp³-hybridized carbons (Fsp3) is 0.357. The number of aromatic nitrogens is 3. The van der Waals surface area contributed by atoms with Crippen molar-refractivity contribution in [2.45, 2.75) is 26.9 Å². The first-order chi connectivity index (χ1) is 9.65. The third-order valence-electron chi connectivity index (χ3n) is 3.00. The molecule has 0 aliphatic rings. The Morgan fingerprint density at radius 3 is 2.75 bits per heavy atom. The molecule has 0 saturated carbocycles. The molecule has 0 aromatic carbocycles. The van der Waals surface area contributed by atoms with Gasteiger partial charge in [0.05, 0.1) is 12.2 Å². The van der Waals surface area contributed by atoms with Crippen molar-refractivity contribution in [3.63, 3.8) is 0 Å². The molecule has 2 heterocycles. The molecule has 0 saturated heterocycles. The Hall–Kier alpha value is -2.37. The lowest BCUT2D eigenvalue weighted by atomic mass is 10.3. The van der Waals surface area contributed by atoms with Crippen molar-refractivity contribution in [3.8, 4) is 0 Å². The van der Waals surface area contributed by atoms with Crippen molar-refractivity contribution in [2.24, 2.45) is 0 Å². The van der Waals surface area contributed by atoms with Crippen LogP contribution in [-0.2, 0) is 13.1 Å². The summed E-state index contributed by atoms with van der Waals surface area (Å²) in [5.74, 6) is 0. The third kappa shape index (κ3) is 2.96. The zero-order chi connectivity index (χ0) is 14.5. The molecule has 106 valence electrons. The minimum Gasteiger partial charge on any atom is -0.385 e. The highest BCUT2D eigenvalue weighted by atomic mass is 16.2. The molecule has 0 aliphatic carbocycles. The predicted octanol–water partition coefficient (Wildman–Crippen LogP) is 0.905. The molecule has 1 N–H and O–H groups in total. The summed E-state index contributed by atoms with van der Waals surface area (Å²) in [6.07, 6.45) is 3.18. The lowest BCUT2D eigenvalue weighted by molar-refractivity contribution is 0.594. The van der Waals surface area contributed by atoms with Crippen LogP contribution in [0.15, 0.2) is 40.2 Å². The minimum atomic E-state index is -0.310. The summed E-state index contributed by atoms with van der Waals surface area (Å²) in [5, 5.41) is 3.17. The maximum Gasteiger partial charge on any atom is 0.331 e. The monoisotopic (exact) mass is 274 g/mol. The SMILES string of the molecule is CCNc1ccnc(Cn2c(=O)ccn(CC)c2=O)c1. The molecule has 0 atom stereocenters. The van der Waals surface area contributed by atoms with E-state index in [0.29, 0.717) is 12.2 Å². The van der Waals surface area contributed by atoms with Crippen LogP contribution < -0.4 is 16.6 Å². The minimum absolute atomic E-state index is 0.178. The van der Waals surface area contributed by atoms with E-state index >= 15 is 0 Å². The van der Waals surface area contributed by atoms with Crippen LogP contribution in [0, 0.1) is 0 Å². The van der Waals surface area contributed by atoms with E-state index in [1.807, 2.05) is 26.0 Å². The van der Waals surface area contributed by atoms with Crippen molar-refractivity contribution in [3.05, 3.63) is 57.1 Å². The summed E-state index contributed by atoms with van der Waals surface area (Å²) in [4.78, 5) is 28.2. The molecule has 0 amide bonds. The van der Waals surface area contributed by atoms with Gasteiger partial charge in [0, 0.05) is 37.2 Å². The zero-order valence-electron chi connectivity index (χ0n) is 11.7. The highest BCUT2D eigenvalue weighted by molar-refractivity contribution is 5.42. The molecule has 2 rings (SSSR count). The summed E-state index contributed by atoms with van der Waals surface area (Å²) < 4.78 is 2.69. The Balaban J connectivity index is 2.37. The van der Waals surface area contributed by atoms with Gasteiger partial charge in [0.25, 0.3) is 5.56 Å². The number of hydrogen-bond donors (Lipinski definition) is 1. The van der Waals surface area contributed by atoms with Crippen molar-refractivity contribution in [1.82, 2.24) is 14.1 Å². The molecule has 0 radical (unpaired) electrons. The molecule has 2 aromatic heterocycles. The van der Waals surface area contributed by atoms with E-state index in [9.17, 15) is 9.59 Å². The standard InChI is InChI=1S/C14H18N4O2/c1-3-15-11-5-7-16-12(9-11)10-18-13(19)6-8-17(4-2)14(18)20/h5-9H,3-4,10H2,1-2H3,(H,15,16). The number of pyridine rings is 1. The van der Waals surface area contributed by atoms with Crippen LogP contribution in [0.1, 0.15) is 19.5 Å². The zero-order valence-corrected chi connectivity index (χ0v) is 11.7. The molecule has 2 aromatic rings. The van der Waals surface area contributed by atoms with Gasteiger partial charge in [0.15, 0.2) is 0 Å². The molecule has 0 fully saturated rings. The highest BCUT2D eigenvalue weighted by Crippen LogP contribution is 2.07. The van der Waals surface area contributed by atoms with Gasteiger partial charge in [-0.05, 0) is 26.0 Å². The number of rotatable bonds is 5. The van der Waals surface area contributed by atoms with E-state index in [0.717, 1.165) is 12.2 Å². The molecule has 0 aliphatic heterocycles. The Labute approximate surface area is 116 Å².